The molecule has 116 valence electrons. The molecule has 1 saturated carbocycles. The van der Waals surface area contributed by atoms with E-state index in [0.717, 1.165) is 31.7 Å². The smallest absolute Gasteiger partial charge is 0.284 e. The third kappa shape index (κ3) is 3.55. The molecule has 0 unspecified atom stereocenters. The van der Waals surface area contributed by atoms with E-state index in [9.17, 15) is 22.9 Å². The van der Waals surface area contributed by atoms with E-state index in [4.69, 9.17) is 4.84 Å². The summed E-state index contributed by atoms with van der Waals surface area (Å²) in [5, 5.41) is 10.7. The lowest BCUT2D eigenvalue weighted by Gasteiger charge is -2.13. The van der Waals surface area contributed by atoms with Crippen molar-refractivity contribution >= 4 is 15.7 Å². The summed E-state index contributed by atoms with van der Waals surface area (Å²) in [7, 11) is -4.09. The van der Waals surface area contributed by atoms with Crippen molar-refractivity contribution < 1.29 is 22.6 Å². The first kappa shape index (κ1) is 15.8. The molecule has 0 saturated heterocycles. The van der Waals surface area contributed by atoms with Crippen LogP contribution in [-0.2, 0) is 14.9 Å². The Morgan fingerprint density at radius 1 is 1.38 bits per heavy atom. The van der Waals surface area contributed by atoms with E-state index < -0.39 is 26.5 Å². The summed E-state index contributed by atoms with van der Waals surface area (Å²) in [6.07, 6.45) is 3.24. The number of nitro groups is 1. The first-order chi connectivity index (χ1) is 9.81. The van der Waals surface area contributed by atoms with Crippen LogP contribution in [0.4, 0.5) is 10.1 Å². The summed E-state index contributed by atoms with van der Waals surface area (Å²) >= 11 is 0. The van der Waals surface area contributed by atoms with Gasteiger partial charge >= 0.3 is 5.69 Å². The minimum atomic E-state index is -4.09. The molecule has 9 heteroatoms. The molecule has 0 heterocycles. The lowest BCUT2D eigenvalue weighted by Crippen LogP contribution is -2.29. The van der Waals surface area contributed by atoms with Gasteiger partial charge in [0.15, 0.2) is 0 Å². The van der Waals surface area contributed by atoms with Crippen LogP contribution in [0.15, 0.2) is 17.0 Å². The number of hydrogen-bond acceptors (Lipinski definition) is 5. The number of nitrogens with one attached hydrogen (secondary N) is 1. The van der Waals surface area contributed by atoms with Crippen molar-refractivity contribution in [1.29, 1.82) is 0 Å². The molecule has 0 bridgehead atoms. The van der Waals surface area contributed by atoms with Crippen LogP contribution < -0.4 is 4.89 Å². The van der Waals surface area contributed by atoms with Gasteiger partial charge in [-0.05, 0) is 31.4 Å². The van der Waals surface area contributed by atoms with E-state index in [1.54, 1.807) is 0 Å². The fraction of sp³-hybridized carbons (Fsp3) is 0.500. The first-order valence-electron chi connectivity index (χ1n) is 6.43. The fourth-order valence-electron chi connectivity index (χ4n) is 2.25. The maximum atomic E-state index is 13.4. The molecule has 1 aliphatic carbocycles. The molecule has 0 radical (unpaired) electrons. The number of sulfonamides is 1. The second kappa shape index (κ2) is 6.04. The van der Waals surface area contributed by atoms with Crippen molar-refractivity contribution in [2.75, 3.05) is 0 Å². The Morgan fingerprint density at radius 3 is 2.57 bits per heavy atom. The third-order valence-electron chi connectivity index (χ3n) is 3.36. The summed E-state index contributed by atoms with van der Waals surface area (Å²) < 4.78 is 37.6. The van der Waals surface area contributed by atoms with Gasteiger partial charge in [0, 0.05) is 6.07 Å². The first-order valence-corrected chi connectivity index (χ1v) is 7.91. The normalized spacial score (nSPS) is 16.3. The predicted octanol–water partition coefficient (Wildman–Crippen LogP) is 2.19. The number of halogens is 1. The van der Waals surface area contributed by atoms with Crippen LogP contribution in [0.1, 0.15) is 31.2 Å². The zero-order valence-electron chi connectivity index (χ0n) is 11.3. The Morgan fingerprint density at radius 2 is 2.00 bits per heavy atom. The van der Waals surface area contributed by atoms with Gasteiger partial charge in [0.2, 0.25) is 5.82 Å². The largest absolute Gasteiger partial charge is 0.306 e. The molecular weight excluding hydrogens is 303 g/mol. The molecule has 1 aromatic carbocycles. The Bertz CT molecular complexity index is 656. The highest BCUT2D eigenvalue weighted by Crippen LogP contribution is 2.26. The van der Waals surface area contributed by atoms with Gasteiger partial charge in [-0.2, -0.15) is 4.39 Å². The summed E-state index contributed by atoms with van der Waals surface area (Å²) in [4.78, 5) is 16.4. The van der Waals surface area contributed by atoms with Crippen molar-refractivity contribution in [3.05, 3.63) is 33.6 Å². The molecular formula is C12H15FN2O5S. The number of hydrogen-bond donors (Lipinski definition) is 1. The maximum Gasteiger partial charge on any atom is 0.306 e. The van der Waals surface area contributed by atoms with Gasteiger partial charge in [-0.1, -0.05) is 17.7 Å². The van der Waals surface area contributed by atoms with Gasteiger partial charge in [-0.25, -0.2) is 8.42 Å². The van der Waals surface area contributed by atoms with E-state index in [0.29, 0.717) is 6.07 Å². The molecule has 1 N–H and O–H groups in total. The number of benzene rings is 1. The molecule has 0 spiro atoms. The zero-order valence-corrected chi connectivity index (χ0v) is 12.2. The fourth-order valence-corrected chi connectivity index (χ4v) is 3.36. The summed E-state index contributed by atoms with van der Waals surface area (Å²) in [5.74, 6) is -1.08. The van der Waals surface area contributed by atoms with Crippen molar-refractivity contribution in [2.24, 2.45) is 0 Å². The second-order valence-corrected chi connectivity index (χ2v) is 6.55. The average molecular weight is 318 g/mol. The predicted molar refractivity (Wildman–Crippen MR) is 71.5 cm³/mol. The van der Waals surface area contributed by atoms with Crippen LogP contribution >= 0.6 is 0 Å². The van der Waals surface area contributed by atoms with E-state index >= 15 is 0 Å². The molecule has 1 fully saturated rings. The summed E-state index contributed by atoms with van der Waals surface area (Å²) in [6.45, 7) is 1.36. The Labute approximate surface area is 121 Å². The highest BCUT2D eigenvalue weighted by molar-refractivity contribution is 7.89. The van der Waals surface area contributed by atoms with Gasteiger partial charge in [-0.15, -0.1) is 0 Å². The monoisotopic (exact) mass is 318 g/mol. The van der Waals surface area contributed by atoms with E-state index in [1.165, 1.54) is 6.92 Å². The number of nitro benzene ring substituents is 1. The molecule has 0 aromatic heterocycles. The van der Waals surface area contributed by atoms with Gasteiger partial charge in [0.1, 0.15) is 0 Å². The minimum Gasteiger partial charge on any atom is -0.284 e. The molecule has 1 aromatic rings. The second-order valence-electron chi connectivity index (χ2n) is 4.94. The summed E-state index contributed by atoms with van der Waals surface area (Å²) in [6, 6.07) is 1.52. The van der Waals surface area contributed by atoms with Crippen molar-refractivity contribution in [3.63, 3.8) is 0 Å². The van der Waals surface area contributed by atoms with Gasteiger partial charge in [0.05, 0.1) is 15.9 Å². The molecule has 0 aliphatic heterocycles. The Kier molecular flexibility index (Phi) is 4.55. The minimum absolute atomic E-state index is 0.0700. The van der Waals surface area contributed by atoms with Crippen LogP contribution in [0.25, 0.3) is 0 Å². The Balaban J connectivity index is 2.26. The van der Waals surface area contributed by atoms with Gasteiger partial charge in [0.25, 0.3) is 10.0 Å². The van der Waals surface area contributed by atoms with Crippen LogP contribution in [-0.4, -0.2) is 19.4 Å². The van der Waals surface area contributed by atoms with Crippen LogP contribution in [0.5, 0.6) is 0 Å². The third-order valence-corrected chi connectivity index (χ3v) is 4.69. The lowest BCUT2D eigenvalue weighted by atomic mass is 10.2. The van der Waals surface area contributed by atoms with Crippen molar-refractivity contribution in [1.82, 2.24) is 4.89 Å². The highest BCUT2D eigenvalue weighted by atomic mass is 32.2. The van der Waals surface area contributed by atoms with Crippen LogP contribution in [0.2, 0.25) is 0 Å². The van der Waals surface area contributed by atoms with Crippen LogP contribution in [0, 0.1) is 22.9 Å². The van der Waals surface area contributed by atoms with Gasteiger partial charge in [-0.3, -0.25) is 15.0 Å². The quantitative estimate of drug-likeness (QED) is 0.663. The number of aryl methyl sites for hydroxylation is 1. The average Bonchev–Trinajstić information content (AvgIpc) is 2.88. The number of nitrogens with zero attached hydrogens (tertiary/aromatic N) is 1. The van der Waals surface area contributed by atoms with E-state index in [-0.39, 0.29) is 16.6 Å². The standard InChI is InChI=1S/C12H15FN2O5S/c1-8-6-10(13)11(15(16)17)7-12(8)21(18,19)14-20-9-4-2-3-5-9/h6-7,9,14H,2-5H2,1H3. The van der Waals surface area contributed by atoms with Crippen molar-refractivity contribution in [3.8, 4) is 0 Å². The SMILES string of the molecule is Cc1cc(F)c([N+](=O)[O-])cc1S(=O)(=O)NOC1CCCC1. The summed E-state index contributed by atoms with van der Waals surface area (Å²) in [5.41, 5.74) is -0.817. The highest BCUT2D eigenvalue weighted by Gasteiger charge is 2.26. The lowest BCUT2D eigenvalue weighted by molar-refractivity contribution is -0.387. The van der Waals surface area contributed by atoms with E-state index in [1.807, 2.05) is 4.89 Å². The molecule has 2 rings (SSSR count). The van der Waals surface area contributed by atoms with Crippen LogP contribution in [0.3, 0.4) is 0 Å². The van der Waals surface area contributed by atoms with Crippen molar-refractivity contribution in [2.45, 2.75) is 43.6 Å². The van der Waals surface area contributed by atoms with E-state index in [2.05, 4.69) is 0 Å². The van der Waals surface area contributed by atoms with Gasteiger partial charge < -0.3 is 0 Å². The molecule has 0 atom stereocenters. The molecule has 1 aliphatic rings. The topological polar surface area (TPSA) is 98.5 Å². The molecule has 21 heavy (non-hydrogen) atoms. The molecule has 0 amide bonds. The zero-order chi connectivity index (χ0) is 15.6. The Hall–Kier alpha value is -1.58. The number of rotatable bonds is 5. The molecule has 7 nitrogen and oxygen atoms in total. The maximum absolute atomic E-state index is 13.4.